The van der Waals surface area contributed by atoms with Crippen molar-refractivity contribution in [1.29, 1.82) is 0 Å². The van der Waals surface area contributed by atoms with Crippen LogP contribution in [0.15, 0.2) is 0 Å². The van der Waals surface area contributed by atoms with E-state index in [4.69, 9.17) is 5.73 Å². The minimum Gasteiger partial charge on any atom is -0.396 e. The van der Waals surface area contributed by atoms with Crippen LogP contribution in [-0.4, -0.2) is 63.7 Å². The average Bonchev–Trinajstić information content (AvgIpc) is 2.95. The van der Waals surface area contributed by atoms with E-state index in [-0.39, 0.29) is 24.5 Å². The van der Waals surface area contributed by atoms with E-state index in [1.807, 2.05) is 13.8 Å². The molecule has 2 saturated heterocycles. The van der Waals surface area contributed by atoms with Gasteiger partial charge in [-0.25, -0.2) is 4.79 Å². The number of fused-ring (bicyclic) bond motifs is 1. The van der Waals surface area contributed by atoms with Crippen molar-refractivity contribution in [2.24, 2.45) is 0 Å². The van der Waals surface area contributed by atoms with Gasteiger partial charge in [0, 0.05) is 26.2 Å². The zero-order chi connectivity index (χ0) is 15.1. The van der Waals surface area contributed by atoms with Gasteiger partial charge in [-0.2, -0.15) is 5.10 Å². The second-order valence-corrected chi connectivity index (χ2v) is 5.62. The maximum Gasteiger partial charge on any atom is 0.317 e. The van der Waals surface area contributed by atoms with E-state index in [0.717, 1.165) is 11.4 Å². The summed E-state index contributed by atoms with van der Waals surface area (Å²) in [6.45, 7) is 6.22. The first-order chi connectivity index (χ1) is 9.97. The molecule has 1 aromatic rings. The highest BCUT2D eigenvalue weighted by atomic mass is 16.2. The molecule has 0 aliphatic carbocycles. The predicted molar refractivity (Wildman–Crippen MR) is 76.6 cm³/mol. The Kier molecular flexibility index (Phi) is 3.23. The van der Waals surface area contributed by atoms with Crippen LogP contribution >= 0.6 is 0 Å². The van der Waals surface area contributed by atoms with Gasteiger partial charge in [0.15, 0.2) is 0 Å². The lowest BCUT2D eigenvalue weighted by atomic mass is 10.2. The zero-order valence-electron chi connectivity index (χ0n) is 12.3. The molecule has 0 aromatic carbocycles. The molecule has 3 amide bonds. The highest BCUT2D eigenvalue weighted by Crippen LogP contribution is 2.17. The molecule has 0 radical (unpaired) electrons. The number of carbonyl (C=O) groups is 2. The Labute approximate surface area is 122 Å². The number of hydrogen-bond donors (Lipinski definition) is 2. The number of hydrogen-bond acceptors (Lipinski definition) is 4. The molecule has 3 heterocycles. The van der Waals surface area contributed by atoms with Gasteiger partial charge in [-0.15, -0.1) is 0 Å². The number of urea groups is 1. The molecule has 2 aliphatic heterocycles. The molecule has 8 heteroatoms. The number of anilines is 1. The number of nitrogens with two attached hydrogens (primary N) is 1. The fourth-order valence-corrected chi connectivity index (χ4v) is 2.92. The van der Waals surface area contributed by atoms with E-state index in [1.165, 1.54) is 0 Å². The summed E-state index contributed by atoms with van der Waals surface area (Å²) in [5, 5.41) is 7.10. The van der Waals surface area contributed by atoms with Gasteiger partial charge in [-0.3, -0.25) is 9.48 Å². The van der Waals surface area contributed by atoms with E-state index < -0.39 is 0 Å². The molecule has 3 rings (SSSR count). The van der Waals surface area contributed by atoms with Crippen LogP contribution in [-0.2, 0) is 11.3 Å². The summed E-state index contributed by atoms with van der Waals surface area (Å²) >= 11 is 0. The van der Waals surface area contributed by atoms with Crippen molar-refractivity contribution < 1.29 is 9.59 Å². The summed E-state index contributed by atoms with van der Waals surface area (Å²) in [6.07, 6.45) is 0. The number of rotatable bonds is 2. The fraction of sp³-hybridized carbons (Fsp3) is 0.615. The van der Waals surface area contributed by atoms with E-state index in [0.29, 0.717) is 31.9 Å². The van der Waals surface area contributed by atoms with Crippen LogP contribution in [0.3, 0.4) is 0 Å². The quantitative estimate of drug-likeness (QED) is 0.754. The van der Waals surface area contributed by atoms with E-state index >= 15 is 0 Å². The van der Waals surface area contributed by atoms with Gasteiger partial charge >= 0.3 is 6.03 Å². The second kappa shape index (κ2) is 4.94. The number of nitrogens with zero attached hydrogens (tertiary/aromatic N) is 4. The number of aryl methyl sites for hydroxylation is 1. The minimum absolute atomic E-state index is 0.0135. The van der Waals surface area contributed by atoms with Crippen LogP contribution in [0.2, 0.25) is 0 Å². The van der Waals surface area contributed by atoms with Crippen LogP contribution in [0.4, 0.5) is 10.5 Å². The van der Waals surface area contributed by atoms with Gasteiger partial charge in [-0.05, 0) is 13.8 Å². The molecule has 2 fully saturated rings. The lowest BCUT2D eigenvalue weighted by molar-refractivity contribution is -0.134. The first kappa shape index (κ1) is 13.7. The lowest BCUT2D eigenvalue weighted by Crippen LogP contribution is -2.54. The maximum absolute atomic E-state index is 12.4. The van der Waals surface area contributed by atoms with Crippen LogP contribution in [0.25, 0.3) is 0 Å². The van der Waals surface area contributed by atoms with Crippen molar-refractivity contribution in [3.63, 3.8) is 0 Å². The molecule has 3 N–H and O–H groups in total. The largest absolute Gasteiger partial charge is 0.396 e. The highest BCUT2D eigenvalue weighted by Gasteiger charge is 2.36. The molecule has 21 heavy (non-hydrogen) atoms. The third-order valence-corrected chi connectivity index (χ3v) is 4.31. The first-order valence-electron chi connectivity index (χ1n) is 7.09. The monoisotopic (exact) mass is 292 g/mol. The molecule has 2 aliphatic rings. The van der Waals surface area contributed by atoms with Crippen LogP contribution in [0.5, 0.6) is 0 Å². The molecule has 1 aromatic heterocycles. The number of aromatic nitrogens is 2. The molecule has 0 spiro atoms. The number of amides is 3. The van der Waals surface area contributed by atoms with Gasteiger partial charge in [0.1, 0.15) is 6.54 Å². The van der Waals surface area contributed by atoms with Gasteiger partial charge in [0.25, 0.3) is 0 Å². The Morgan fingerprint density at radius 2 is 2.19 bits per heavy atom. The molecule has 114 valence electrons. The lowest BCUT2D eigenvalue weighted by Gasteiger charge is -2.36. The normalized spacial score (nSPS) is 21.4. The van der Waals surface area contributed by atoms with Gasteiger partial charge in [0.2, 0.25) is 5.91 Å². The van der Waals surface area contributed by atoms with Gasteiger partial charge in [0.05, 0.1) is 23.1 Å². The van der Waals surface area contributed by atoms with Crippen LogP contribution in [0.1, 0.15) is 11.4 Å². The number of nitrogen functional groups attached to an aromatic ring is 1. The number of piperazine rings is 1. The van der Waals surface area contributed by atoms with Crippen molar-refractivity contribution in [2.45, 2.75) is 26.4 Å². The first-order valence-corrected chi connectivity index (χ1v) is 7.09. The summed E-state index contributed by atoms with van der Waals surface area (Å²) in [7, 11) is 0. The smallest absolute Gasteiger partial charge is 0.317 e. The van der Waals surface area contributed by atoms with Crippen molar-refractivity contribution in [3.8, 4) is 0 Å². The van der Waals surface area contributed by atoms with Crippen molar-refractivity contribution in [1.82, 2.24) is 24.9 Å². The second-order valence-electron chi connectivity index (χ2n) is 5.62. The predicted octanol–water partition coefficient (Wildman–Crippen LogP) is -0.682. The molecule has 1 unspecified atom stereocenters. The van der Waals surface area contributed by atoms with Crippen molar-refractivity contribution in [2.75, 3.05) is 31.9 Å². The average molecular weight is 292 g/mol. The Hall–Kier alpha value is -2.25. The summed E-state index contributed by atoms with van der Waals surface area (Å²) in [5.41, 5.74) is 8.08. The molecule has 0 saturated carbocycles. The standard InChI is InChI=1S/C13H20N6O2/c1-8-12(14)9(2)19(16-8)7-11(20)17-3-4-18-10(6-17)5-15-13(18)21/h10H,3-7,14H2,1-2H3,(H,15,21). The van der Waals surface area contributed by atoms with Crippen molar-refractivity contribution >= 4 is 17.6 Å². The van der Waals surface area contributed by atoms with E-state index in [9.17, 15) is 9.59 Å². The summed E-state index contributed by atoms with van der Waals surface area (Å²) in [5.74, 6) is 0.0135. The summed E-state index contributed by atoms with van der Waals surface area (Å²) in [6, 6.07) is 0.0548. The third kappa shape index (κ3) is 2.30. The van der Waals surface area contributed by atoms with E-state index in [1.54, 1.807) is 14.5 Å². The van der Waals surface area contributed by atoms with Crippen molar-refractivity contribution in [3.05, 3.63) is 11.4 Å². The van der Waals surface area contributed by atoms with E-state index in [2.05, 4.69) is 10.4 Å². The molecule has 1 atom stereocenters. The minimum atomic E-state index is -0.0292. The highest BCUT2D eigenvalue weighted by molar-refractivity contribution is 5.79. The van der Waals surface area contributed by atoms with Gasteiger partial charge < -0.3 is 20.9 Å². The SMILES string of the molecule is Cc1nn(CC(=O)N2CCN3C(=O)NCC3C2)c(C)c1N. The number of carbonyl (C=O) groups excluding carboxylic acids is 2. The Balaban J connectivity index is 1.66. The molecular weight excluding hydrogens is 272 g/mol. The summed E-state index contributed by atoms with van der Waals surface area (Å²) < 4.78 is 1.65. The van der Waals surface area contributed by atoms with Crippen LogP contribution < -0.4 is 11.1 Å². The zero-order valence-corrected chi connectivity index (χ0v) is 12.3. The molecule has 8 nitrogen and oxygen atoms in total. The van der Waals surface area contributed by atoms with Gasteiger partial charge in [-0.1, -0.05) is 0 Å². The molecule has 0 bridgehead atoms. The third-order valence-electron chi connectivity index (χ3n) is 4.31. The summed E-state index contributed by atoms with van der Waals surface area (Å²) in [4.78, 5) is 27.6. The van der Waals surface area contributed by atoms with Crippen LogP contribution in [0, 0.1) is 13.8 Å². The number of nitrogens with one attached hydrogen (secondary N) is 1. The Bertz CT molecular complexity index is 596. The Morgan fingerprint density at radius 3 is 2.86 bits per heavy atom. The topological polar surface area (TPSA) is 96.5 Å². The molecular formula is C13H20N6O2. The Morgan fingerprint density at radius 1 is 1.43 bits per heavy atom. The maximum atomic E-state index is 12.4. The fourth-order valence-electron chi connectivity index (χ4n) is 2.92.